The van der Waals surface area contributed by atoms with Gasteiger partial charge in [0.25, 0.3) is 5.91 Å². The van der Waals surface area contributed by atoms with Gasteiger partial charge in [0.05, 0.1) is 5.75 Å². The molecule has 0 aliphatic rings. The lowest BCUT2D eigenvalue weighted by Gasteiger charge is -2.04. The average molecular weight is 329 g/mol. The van der Waals surface area contributed by atoms with Crippen molar-refractivity contribution in [2.24, 2.45) is 0 Å². The van der Waals surface area contributed by atoms with Crippen LogP contribution in [0.25, 0.3) is 6.08 Å². The van der Waals surface area contributed by atoms with Crippen molar-refractivity contribution in [2.75, 3.05) is 12.8 Å². The van der Waals surface area contributed by atoms with E-state index >= 15 is 0 Å². The number of rotatable bonds is 6. The Morgan fingerprint density at radius 3 is 2.30 bits per heavy atom. The Bertz CT molecular complexity index is 779. The lowest BCUT2D eigenvalue weighted by atomic mass is 10.1. The molecule has 0 radical (unpaired) electrons. The molecule has 2 aromatic rings. The van der Waals surface area contributed by atoms with Gasteiger partial charge in [0.1, 0.15) is 0 Å². The molecule has 0 spiro atoms. The van der Waals surface area contributed by atoms with Crippen molar-refractivity contribution >= 4 is 21.8 Å². The van der Waals surface area contributed by atoms with Crippen LogP contribution in [0, 0.1) is 0 Å². The molecule has 2 aromatic carbocycles. The number of sulfone groups is 1. The maximum absolute atomic E-state index is 12.0. The van der Waals surface area contributed by atoms with Crippen LogP contribution < -0.4 is 5.32 Å². The van der Waals surface area contributed by atoms with E-state index in [0.29, 0.717) is 17.7 Å². The van der Waals surface area contributed by atoms with Gasteiger partial charge in [-0.05, 0) is 23.3 Å². The summed E-state index contributed by atoms with van der Waals surface area (Å²) in [7, 11) is -3.06. The molecule has 0 bridgehead atoms. The summed E-state index contributed by atoms with van der Waals surface area (Å²) in [6.45, 7) is 0.429. The molecule has 0 fully saturated rings. The van der Waals surface area contributed by atoms with Crippen LogP contribution in [0.3, 0.4) is 0 Å². The number of hydrogen-bond acceptors (Lipinski definition) is 3. The molecule has 0 saturated carbocycles. The number of carbonyl (C=O) groups excluding carboxylic acids is 1. The zero-order chi connectivity index (χ0) is 16.7. The number of hydrogen-bond donors (Lipinski definition) is 1. The number of benzene rings is 2. The van der Waals surface area contributed by atoms with Gasteiger partial charge in [-0.2, -0.15) is 0 Å². The van der Waals surface area contributed by atoms with E-state index in [-0.39, 0.29) is 11.7 Å². The van der Waals surface area contributed by atoms with Crippen LogP contribution >= 0.6 is 0 Å². The van der Waals surface area contributed by atoms with Crippen LogP contribution in [-0.2, 0) is 15.6 Å². The van der Waals surface area contributed by atoms with Crippen LogP contribution in [0.1, 0.15) is 21.5 Å². The van der Waals surface area contributed by atoms with Gasteiger partial charge in [-0.3, -0.25) is 4.79 Å². The first-order valence-corrected chi connectivity index (χ1v) is 9.26. The first-order chi connectivity index (χ1) is 10.9. The Kier molecular flexibility index (Phi) is 5.71. The van der Waals surface area contributed by atoms with E-state index in [0.717, 1.165) is 5.56 Å². The smallest absolute Gasteiger partial charge is 0.251 e. The van der Waals surface area contributed by atoms with Crippen LogP contribution in [-0.4, -0.2) is 27.1 Å². The molecule has 0 atom stereocenters. The first kappa shape index (κ1) is 17.0. The van der Waals surface area contributed by atoms with E-state index < -0.39 is 9.84 Å². The molecule has 5 heteroatoms. The van der Waals surface area contributed by atoms with E-state index in [1.54, 1.807) is 24.3 Å². The summed E-state index contributed by atoms with van der Waals surface area (Å²) in [5.74, 6) is -0.206. The molecule has 1 N–H and O–H groups in total. The monoisotopic (exact) mass is 329 g/mol. The molecule has 0 heterocycles. The standard InChI is InChI=1S/C18H19NO3S/c1-23(21,22)14-16-9-11-17(12-10-16)18(20)19-13-5-8-15-6-3-2-4-7-15/h2-12H,13-14H2,1H3,(H,19,20)/b8-5-. The summed E-state index contributed by atoms with van der Waals surface area (Å²) < 4.78 is 22.4. The largest absolute Gasteiger partial charge is 0.349 e. The quantitative estimate of drug-likeness (QED) is 0.886. The van der Waals surface area contributed by atoms with Gasteiger partial charge in [0.2, 0.25) is 0 Å². The van der Waals surface area contributed by atoms with Crippen molar-refractivity contribution < 1.29 is 13.2 Å². The van der Waals surface area contributed by atoms with Gasteiger partial charge in [0.15, 0.2) is 9.84 Å². The first-order valence-electron chi connectivity index (χ1n) is 7.20. The maximum atomic E-state index is 12.0. The molecular formula is C18H19NO3S. The lowest BCUT2D eigenvalue weighted by Crippen LogP contribution is -2.23. The molecule has 0 aromatic heterocycles. The Balaban J connectivity index is 1.87. The van der Waals surface area contributed by atoms with Crippen molar-refractivity contribution in [1.82, 2.24) is 5.32 Å². The minimum Gasteiger partial charge on any atom is -0.349 e. The molecule has 2 rings (SSSR count). The predicted octanol–water partition coefficient (Wildman–Crippen LogP) is 2.67. The third-order valence-electron chi connectivity index (χ3n) is 3.14. The van der Waals surface area contributed by atoms with Crippen LogP contribution in [0.15, 0.2) is 60.7 Å². The lowest BCUT2D eigenvalue weighted by molar-refractivity contribution is 0.0958. The van der Waals surface area contributed by atoms with Gasteiger partial charge in [-0.1, -0.05) is 54.6 Å². The van der Waals surface area contributed by atoms with Crippen molar-refractivity contribution in [1.29, 1.82) is 0 Å². The van der Waals surface area contributed by atoms with Crippen molar-refractivity contribution in [3.05, 3.63) is 77.4 Å². The van der Waals surface area contributed by atoms with Crippen molar-refractivity contribution in [3.8, 4) is 0 Å². The van der Waals surface area contributed by atoms with Crippen molar-refractivity contribution in [3.63, 3.8) is 0 Å². The number of amides is 1. The van der Waals surface area contributed by atoms with E-state index in [9.17, 15) is 13.2 Å². The minimum atomic E-state index is -3.06. The second-order valence-corrected chi connectivity index (χ2v) is 7.43. The van der Waals surface area contributed by atoms with Gasteiger partial charge in [-0.15, -0.1) is 0 Å². The summed E-state index contributed by atoms with van der Waals surface area (Å²) in [4.78, 5) is 12.0. The van der Waals surface area contributed by atoms with E-state index in [1.807, 2.05) is 42.5 Å². The maximum Gasteiger partial charge on any atom is 0.251 e. The van der Waals surface area contributed by atoms with Crippen LogP contribution in [0.5, 0.6) is 0 Å². The zero-order valence-corrected chi connectivity index (χ0v) is 13.7. The average Bonchev–Trinajstić information content (AvgIpc) is 2.51. The van der Waals surface area contributed by atoms with Gasteiger partial charge >= 0.3 is 0 Å². The fourth-order valence-electron chi connectivity index (χ4n) is 2.07. The topological polar surface area (TPSA) is 63.2 Å². The van der Waals surface area contributed by atoms with E-state index in [4.69, 9.17) is 0 Å². The van der Waals surface area contributed by atoms with Gasteiger partial charge in [-0.25, -0.2) is 8.42 Å². The second kappa shape index (κ2) is 7.74. The summed E-state index contributed by atoms with van der Waals surface area (Å²) in [6, 6.07) is 16.4. The Hall–Kier alpha value is -2.40. The SMILES string of the molecule is CS(=O)(=O)Cc1ccc(C(=O)NC/C=C\c2ccccc2)cc1. The van der Waals surface area contributed by atoms with Crippen molar-refractivity contribution in [2.45, 2.75) is 5.75 Å². The summed E-state index contributed by atoms with van der Waals surface area (Å²) in [6.07, 6.45) is 5.01. The molecule has 0 saturated heterocycles. The highest BCUT2D eigenvalue weighted by molar-refractivity contribution is 7.89. The molecule has 23 heavy (non-hydrogen) atoms. The molecule has 4 nitrogen and oxygen atoms in total. The molecular weight excluding hydrogens is 310 g/mol. The van der Waals surface area contributed by atoms with Crippen LogP contribution in [0.2, 0.25) is 0 Å². The Morgan fingerprint density at radius 1 is 1.04 bits per heavy atom. The number of carbonyl (C=O) groups is 1. The molecule has 1 amide bonds. The van der Waals surface area contributed by atoms with Gasteiger partial charge < -0.3 is 5.32 Å². The zero-order valence-electron chi connectivity index (χ0n) is 12.9. The molecule has 120 valence electrons. The molecule has 0 aliphatic carbocycles. The second-order valence-electron chi connectivity index (χ2n) is 5.29. The highest BCUT2D eigenvalue weighted by Crippen LogP contribution is 2.08. The number of nitrogens with one attached hydrogen (secondary N) is 1. The third-order valence-corrected chi connectivity index (χ3v) is 3.99. The Morgan fingerprint density at radius 2 is 1.70 bits per heavy atom. The third kappa shape index (κ3) is 6.08. The summed E-state index contributed by atoms with van der Waals surface area (Å²) >= 11 is 0. The summed E-state index contributed by atoms with van der Waals surface area (Å²) in [5, 5.41) is 2.79. The summed E-state index contributed by atoms with van der Waals surface area (Å²) in [5.41, 5.74) is 2.26. The highest BCUT2D eigenvalue weighted by atomic mass is 32.2. The van der Waals surface area contributed by atoms with E-state index in [2.05, 4.69) is 5.32 Å². The Labute approximate surface area is 136 Å². The van der Waals surface area contributed by atoms with Crippen LogP contribution in [0.4, 0.5) is 0 Å². The van der Waals surface area contributed by atoms with Gasteiger partial charge in [0, 0.05) is 18.4 Å². The van der Waals surface area contributed by atoms with E-state index in [1.165, 1.54) is 6.26 Å². The normalized spacial score (nSPS) is 11.5. The highest BCUT2D eigenvalue weighted by Gasteiger charge is 2.07. The molecule has 0 aliphatic heterocycles. The fraction of sp³-hybridized carbons (Fsp3) is 0.167. The molecule has 0 unspecified atom stereocenters. The predicted molar refractivity (Wildman–Crippen MR) is 92.8 cm³/mol. The fourth-order valence-corrected chi connectivity index (χ4v) is 2.87. The minimum absolute atomic E-state index is 0.0191.